The molecule has 0 fully saturated rings. The molecule has 0 unspecified atom stereocenters. The van der Waals surface area contributed by atoms with Crippen molar-refractivity contribution in [3.63, 3.8) is 0 Å². The van der Waals surface area contributed by atoms with Gasteiger partial charge in [-0.15, -0.1) is 0 Å². The summed E-state index contributed by atoms with van der Waals surface area (Å²) in [6, 6.07) is 0. The predicted molar refractivity (Wildman–Crippen MR) is 69.1 cm³/mol. The third-order valence-electron chi connectivity index (χ3n) is 2.36. The Kier molecular flexibility index (Phi) is 7.40. The number of hydrogen-bond donors (Lipinski definition) is 1. The van der Waals surface area contributed by atoms with Crippen molar-refractivity contribution in [1.82, 2.24) is 0 Å². The Morgan fingerprint density at radius 3 is 1.33 bits per heavy atom. The number of carboxylic acid groups (broad SMARTS) is 1. The Bertz CT molecular complexity index is 414. The number of rotatable bonds is 7. The van der Waals surface area contributed by atoms with Crippen LogP contribution in [0, 0.1) is 5.92 Å². The molecule has 0 aliphatic carbocycles. The molecule has 0 amide bonds. The summed E-state index contributed by atoms with van der Waals surface area (Å²) in [5.41, 5.74) is 0. The lowest BCUT2D eigenvalue weighted by Crippen LogP contribution is -2.36. The molecule has 0 aliphatic rings. The number of hydrogen-bond acceptors (Lipinski definition) is 7. The van der Waals surface area contributed by atoms with Crippen LogP contribution in [0.15, 0.2) is 0 Å². The van der Waals surface area contributed by atoms with Crippen LogP contribution in [0.25, 0.3) is 0 Å². The van der Waals surface area contributed by atoms with E-state index in [1.807, 2.05) is 0 Å². The average Bonchev–Trinajstić information content (AvgIpc) is 2.37. The van der Waals surface area contributed by atoms with Crippen molar-refractivity contribution in [3.8, 4) is 0 Å². The fourth-order valence-corrected chi connectivity index (χ4v) is 0.997. The van der Waals surface area contributed by atoms with Gasteiger partial charge in [0, 0.05) is 0 Å². The lowest BCUT2D eigenvalue weighted by molar-refractivity contribution is -0.181. The third kappa shape index (κ3) is 6.73. The molecule has 8 heteroatoms. The summed E-state index contributed by atoms with van der Waals surface area (Å²) >= 11 is 0. The normalized spacial score (nSPS) is 14.8. The molecule has 1 N–H and O–H groups in total. The van der Waals surface area contributed by atoms with E-state index in [9.17, 15) is 19.2 Å². The third-order valence-corrected chi connectivity index (χ3v) is 2.36. The molecule has 0 saturated carbocycles. The van der Waals surface area contributed by atoms with Gasteiger partial charge in [0.2, 0.25) is 0 Å². The van der Waals surface area contributed by atoms with Crippen LogP contribution in [0.2, 0.25) is 0 Å². The second-order valence-electron chi connectivity index (χ2n) is 4.73. The van der Waals surface area contributed by atoms with E-state index in [2.05, 4.69) is 4.74 Å². The van der Waals surface area contributed by atoms with Crippen LogP contribution in [0.1, 0.15) is 34.6 Å². The zero-order valence-electron chi connectivity index (χ0n) is 12.6. The number of aliphatic carboxylic acids is 1. The highest BCUT2D eigenvalue weighted by atomic mass is 16.6. The first-order valence-corrected chi connectivity index (χ1v) is 6.40. The number of ether oxygens (including phenoxy) is 3. The number of esters is 3. The SMILES string of the molecule is CC(C)C(=O)O[C@@H](C)C(=O)O[C@@H](C)C(=O)O[C@@H](C)C(=O)O. The van der Waals surface area contributed by atoms with E-state index >= 15 is 0 Å². The van der Waals surface area contributed by atoms with E-state index in [1.54, 1.807) is 13.8 Å². The van der Waals surface area contributed by atoms with Crippen LogP contribution < -0.4 is 0 Å². The van der Waals surface area contributed by atoms with Gasteiger partial charge in [0.25, 0.3) is 0 Å². The minimum absolute atomic E-state index is 0.404. The van der Waals surface area contributed by atoms with Crippen molar-refractivity contribution in [1.29, 1.82) is 0 Å². The van der Waals surface area contributed by atoms with E-state index in [-0.39, 0.29) is 0 Å². The quantitative estimate of drug-likeness (QED) is 0.534. The fourth-order valence-electron chi connectivity index (χ4n) is 0.997. The van der Waals surface area contributed by atoms with Crippen molar-refractivity contribution in [2.75, 3.05) is 0 Å². The van der Waals surface area contributed by atoms with Gasteiger partial charge in [-0.3, -0.25) is 4.79 Å². The summed E-state index contributed by atoms with van der Waals surface area (Å²) in [5.74, 6) is -4.22. The highest BCUT2D eigenvalue weighted by Crippen LogP contribution is 2.06. The maximum absolute atomic E-state index is 11.6. The fraction of sp³-hybridized carbons (Fsp3) is 0.692. The highest BCUT2D eigenvalue weighted by molar-refractivity contribution is 5.84. The molecule has 3 atom stereocenters. The lowest BCUT2D eigenvalue weighted by Gasteiger charge is -2.18. The van der Waals surface area contributed by atoms with Crippen LogP contribution in [-0.2, 0) is 33.4 Å². The van der Waals surface area contributed by atoms with Gasteiger partial charge in [-0.1, -0.05) is 13.8 Å². The molecule has 0 rings (SSSR count). The molecule has 0 aromatic heterocycles. The summed E-state index contributed by atoms with van der Waals surface area (Å²) in [7, 11) is 0. The van der Waals surface area contributed by atoms with E-state index in [0.717, 1.165) is 0 Å². The molecule has 0 saturated heterocycles. The topological polar surface area (TPSA) is 116 Å². The Hall–Kier alpha value is -2.12. The second kappa shape index (κ2) is 8.23. The first kappa shape index (κ1) is 18.9. The van der Waals surface area contributed by atoms with Gasteiger partial charge in [-0.25, -0.2) is 14.4 Å². The van der Waals surface area contributed by atoms with Gasteiger partial charge in [-0.05, 0) is 20.8 Å². The smallest absolute Gasteiger partial charge is 0.347 e. The minimum Gasteiger partial charge on any atom is -0.479 e. The molecule has 0 aromatic carbocycles. The first-order chi connectivity index (χ1) is 9.56. The largest absolute Gasteiger partial charge is 0.479 e. The van der Waals surface area contributed by atoms with Crippen molar-refractivity contribution >= 4 is 23.9 Å². The number of carbonyl (C=O) groups excluding carboxylic acids is 3. The highest BCUT2D eigenvalue weighted by Gasteiger charge is 2.28. The Labute approximate surface area is 122 Å². The van der Waals surface area contributed by atoms with Crippen LogP contribution in [0.5, 0.6) is 0 Å². The zero-order chi connectivity index (χ0) is 16.7. The van der Waals surface area contributed by atoms with E-state index in [0.29, 0.717) is 0 Å². The van der Waals surface area contributed by atoms with Gasteiger partial charge >= 0.3 is 23.9 Å². The van der Waals surface area contributed by atoms with Gasteiger partial charge in [0.15, 0.2) is 18.3 Å². The maximum Gasteiger partial charge on any atom is 0.347 e. The Balaban J connectivity index is 4.40. The molecule has 120 valence electrons. The molecule has 0 bridgehead atoms. The zero-order valence-corrected chi connectivity index (χ0v) is 12.6. The Morgan fingerprint density at radius 1 is 0.667 bits per heavy atom. The molecule has 0 radical (unpaired) electrons. The molecular formula is C13H20O8. The molecule has 0 heterocycles. The van der Waals surface area contributed by atoms with Crippen LogP contribution in [0.4, 0.5) is 0 Å². The lowest BCUT2D eigenvalue weighted by atomic mass is 10.2. The molecule has 21 heavy (non-hydrogen) atoms. The standard InChI is InChI=1S/C13H20O8/c1-6(2)11(16)20-8(4)13(18)21-9(5)12(17)19-7(3)10(14)15/h6-9H,1-5H3,(H,14,15)/t7-,8-,9-/m0/s1. The predicted octanol–water partition coefficient (Wildman–Crippen LogP) is 0.522. The summed E-state index contributed by atoms with van der Waals surface area (Å²) in [6.07, 6.45) is -3.83. The van der Waals surface area contributed by atoms with E-state index in [1.165, 1.54) is 20.8 Å². The second-order valence-corrected chi connectivity index (χ2v) is 4.73. The summed E-state index contributed by atoms with van der Waals surface area (Å²) in [4.78, 5) is 44.9. The van der Waals surface area contributed by atoms with Gasteiger partial charge < -0.3 is 19.3 Å². The monoisotopic (exact) mass is 304 g/mol. The summed E-state index contributed by atoms with van der Waals surface area (Å²) in [5, 5.41) is 8.59. The average molecular weight is 304 g/mol. The van der Waals surface area contributed by atoms with Crippen molar-refractivity contribution < 1.29 is 38.5 Å². The van der Waals surface area contributed by atoms with Crippen LogP contribution in [0.3, 0.4) is 0 Å². The summed E-state index contributed by atoms with van der Waals surface area (Å²) in [6.45, 7) is 6.91. The number of carboxylic acids is 1. The van der Waals surface area contributed by atoms with Crippen molar-refractivity contribution in [2.45, 2.75) is 52.9 Å². The molecule has 0 aromatic rings. The maximum atomic E-state index is 11.6. The van der Waals surface area contributed by atoms with E-state index in [4.69, 9.17) is 14.6 Å². The van der Waals surface area contributed by atoms with Gasteiger partial charge in [0.1, 0.15) is 0 Å². The van der Waals surface area contributed by atoms with Crippen LogP contribution >= 0.6 is 0 Å². The molecular weight excluding hydrogens is 284 g/mol. The first-order valence-electron chi connectivity index (χ1n) is 6.40. The minimum atomic E-state index is -1.35. The Morgan fingerprint density at radius 2 is 1.00 bits per heavy atom. The number of carbonyl (C=O) groups is 4. The summed E-state index contributed by atoms with van der Waals surface area (Å²) < 4.78 is 14.1. The van der Waals surface area contributed by atoms with Gasteiger partial charge in [-0.2, -0.15) is 0 Å². The van der Waals surface area contributed by atoms with Crippen molar-refractivity contribution in [3.05, 3.63) is 0 Å². The molecule has 0 aliphatic heterocycles. The van der Waals surface area contributed by atoms with Crippen LogP contribution in [-0.4, -0.2) is 47.3 Å². The molecule has 0 spiro atoms. The van der Waals surface area contributed by atoms with Crippen molar-refractivity contribution in [2.24, 2.45) is 5.92 Å². The van der Waals surface area contributed by atoms with E-state index < -0.39 is 48.1 Å². The molecule has 8 nitrogen and oxygen atoms in total. The van der Waals surface area contributed by atoms with Gasteiger partial charge in [0.05, 0.1) is 5.92 Å².